The third-order valence-electron chi connectivity index (χ3n) is 7.21. The fourth-order valence-corrected chi connectivity index (χ4v) is 5.61. The zero-order valence-corrected chi connectivity index (χ0v) is 20.4. The molecular weight excluding hydrogens is 466 g/mol. The van der Waals surface area contributed by atoms with Crippen molar-refractivity contribution >= 4 is 44.1 Å². The Labute approximate surface area is 218 Å². The number of rotatable bonds is 3. The number of fused-ring (bicyclic) bond motifs is 6. The molecule has 0 atom stereocenters. The molecule has 5 aromatic heterocycles. The van der Waals surface area contributed by atoms with Crippen LogP contribution in [0, 0.1) is 0 Å². The van der Waals surface area contributed by atoms with Crippen LogP contribution in [0.5, 0.6) is 0 Å². The summed E-state index contributed by atoms with van der Waals surface area (Å²) in [6.07, 6.45) is 3.67. The van der Waals surface area contributed by atoms with Crippen molar-refractivity contribution in [3.05, 3.63) is 128 Å². The highest BCUT2D eigenvalue weighted by Gasteiger charge is 2.21. The SMILES string of the molecule is c1ccc(-c2ccccc2-n2c3cccnc3c3nc4c5ncccc5n(-c5ccccc5)c4cc32)cc1. The van der Waals surface area contributed by atoms with Gasteiger partial charge in [0, 0.05) is 23.6 Å². The van der Waals surface area contributed by atoms with Crippen molar-refractivity contribution in [3.63, 3.8) is 0 Å². The largest absolute Gasteiger partial charge is 0.306 e. The quantitative estimate of drug-likeness (QED) is 0.256. The van der Waals surface area contributed by atoms with Gasteiger partial charge < -0.3 is 9.13 Å². The number of para-hydroxylation sites is 2. The molecule has 0 amide bonds. The molecule has 0 radical (unpaired) electrons. The molecule has 5 heterocycles. The normalized spacial score (nSPS) is 11.7. The van der Waals surface area contributed by atoms with Crippen molar-refractivity contribution in [2.75, 3.05) is 0 Å². The van der Waals surface area contributed by atoms with E-state index >= 15 is 0 Å². The van der Waals surface area contributed by atoms with E-state index in [1.54, 1.807) is 0 Å². The highest BCUT2D eigenvalue weighted by Crippen LogP contribution is 2.38. The van der Waals surface area contributed by atoms with E-state index in [9.17, 15) is 0 Å². The van der Waals surface area contributed by atoms with Gasteiger partial charge in [-0.3, -0.25) is 9.97 Å². The van der Waals surface area contributed by atoms with Gasteiger partial charge in [-0.25, -0.2) is 4.98 Å². The Kier molecular flexibility index (Phi) is 4.45. The number of hydrogen-bond donors (Lipinski definition) is 0. The lowest BCUT2D eigenvalue weighted by Gasteiger charge is -2.14. The first-order valence-corrected chi connectivity index (χ1v) is 12.6. The Bertz CT molecular complexity index is 2120. The van der Waals surface area contributed by atoms with Crippen LogP contribution in [0.25, 0.3) is 66.6 Å². The van der Waals surface area contributed by atoms with E-state index in [4.69, 9.17) is 15.0 Å². The lowest BCUT2D eigenvalue weighted by Crippen LogP contribution is -1.98. The topological polar surface area (TPSA) is 48.5 Å². The van der Waals surface area contributed by atoms with Crippen molar-refractivity contribution in [3.8, 4) is 22.5 Å². The fourth-order valence-electron chi connectivity index (χ4n) is 5.61. The molecule has 0 saturated carbocycles. The number of pyridine rings is 3. The molecule has 8 rings (SSSR count). The van der Waals surface area contributed by atoms with Crippen molar-refractivity contribution in [2.24, 2.45) is 0 Å². The van der Waals surface area contributed by atoms with Crippen molar-refractivity contribution in [1.82, 2.24) is 24.1 Å². The van der Waals surface area contributed by atoms with E-state index in [0.29, 0.717) is 0 Å². The van der Waals surface area contributed by atoms with Crippen LogP contribution < -0.4 is 0 Å². The van der Waals surface area contributed by atoms with Gasteiger partial charge in [-0.15, -0.1) is 0 Å². The van der Waals surface area contributed by atoms with E-state index in [1.807, 2.05) is 36.7 Å². The highest BCUT2D eigenvalue weighted by molar-refractivity contribution is 6.13. The summed E-state index contributed by atoms with van der Waals surface area (Å²) in [5.74, 6) is 0. The summed E-state index contributed by atoms with van der Waals surface area (Å²) in [6.45, 7) is 0. The Balaban J connectivity index is 1.55. The average Bonchev–Trinajstić information content (AvgIpc) is 3.49. The standard InChI is InChI=1S/C33H21N5/c1-3-11-22(12-4-1)24-15-7-8-16-25(24)38-27-18-10-20-35-31(27)33-29(38)21-28-32(36-33)30-26(17-9-19-34-30)37(28)23-13-5-2-6-14-23/h1-21H. The molecule has 0 unspecified atom stereocenters. The van der Waals surface area contributed by atoms with Crippen LogP contribution >= 0.6 is 0 Å². The first-order valence-electron chi connectivity index (χ1n) is 12.6. The minimum atomic E-state index is 0.869. The van der Waals surface area contributed by atoms with Crippen molar-refractivity contribution < 1.29 is 0 Å². The van der Waals surface area contributed by atoms with Crippen LogP contribution in [0.1, 0.15) is 0 Å². The third-order valence-corrected chi connectivity index (χ3v) is 7.21. The van der Waals surface area contributed by atoms with Crippen LogP contribution in [0.15, 0.2) is 128 Å². The number of nitrogens with zero attached hydrogens (tertiary/aromatic N) is 5. The van der Waals surface area contributed by atoms with E-state index in [1.165, 1.54) is 5.56 Å². The molecule has 178 valence electrons. The highest BCUT2D eigenvalue weighted by atomic mass is 15.1. The number of benzene rings is 3. The van der Waals surface area contributed by atoms with Gasteiger partial charge in [0.1, 0.15) is 22.1 Å². The minimum absolute atomic E-state index is 0.869. The molecular formula is C33H21N5. The predicted octanol–water partition coefficient (Wildman–Crippen LogP) is 7.73. The summed E-state index contributed by atoms with van der Waals surface area (Å²) in [7, 11) is 0. The van der Waals surface area contributed by atoms with Gasteiger partial charge in [0.15, 0.2) is 0 Å². The lowest BCUT2D eigenvalue weighted by atomic mass is 10.0. The van der Waals surface area contributed by atoms with Crippen LogP contribution in [-0.2, 0) is 0 Å². The van der Waals surface area contributed by atoms with E-state index in [-0.39, 0.29) is 0 Å². The van der Waals surface area contributed by atoms with Gasteiger partial charge in [0.05, 0.1) is 27.8 Å². The average molecular weight is 488 g/mol. The van der Waals surface area contributed by atoms with Gasteiger partial charge in [-0.2, -0.15) is 0 Å². The molecule has 38 heavy (non-hydrogen) atoms. The molecule has 0 aliphatic carbocycles. The molecule has 0 N–H and O–H groups in total. The molecule has 5 heteroatoms. The maximum absolute atomic E-state index is 5.26. The Morgan fingerprint density at radius 1 is 0.447 bits per heavy atom. The maximum Gasteiger partial charge on any atom is 0.116 e. The summed E-state index contributed by atoms with van der Waals surface area (Å²) in [4.78, 5) is 14.8. The van der Waals surface area contributed by atoms with Crippen LogP contribution in [0.4, 0.5) is 0 Å². The first kappa shape index (κ1) is 20.9. The van der Waals surface area contributed by atoms with Gasteiger partial charge in [-0.05, 0) is 54.1 Å². The van der Waals surface area contributed by atoms with Gasteiger partial charge in [-0.1, -0.05) is 66.7 Å². The Hall–Kier alpha value is -5.29. The zero-order valence-electron chi connectivity index (χ0n) is 20.4. The first-order chi connectivity index (χ1) is 18.9. The summed E-state index contributed by atoms with van der Waals surface area (Å²) in [5, 5.41) is 0. The summed E-state index contributed by atoms with van der Waals surface area (Å²) < 4.78 is 4.55. The van der Waals surface area contributed by atoms with E-state index in [2.05, 4.69) is 100 Å². The molecule has 0 spiro atoms. The summed E-state index contributed by atoms with van der Waals surface area (Å²) in [5.41, 5.74) is 12.1. The van der Waals surface area contributed by atoms with Crippen LogP contribution in [0.3, 0.4) is 0 Å². The van der Waals surface area contributed by atoms with Gasteiger partial charge in [0.2, 0.25) is 0 Å². The molecule has 0 bridgehead atoms. The van der Waals surface area contributed by atoms with Crippen molar-refractivity contribution in [1.29, 1.82) is 0 Å². The molecule has 0 fully saturated rings. The van der Waals surface area contributed by atoms with Crippen LogP contribution in [0.2, 0.25) is 0 Å². The monoisotopic (exact) mass is 487 g/mol. The molecule has 3 aromatic carbocycles. The molecule has 5 nitrogen and oxygen atoms in total. The molecule has 0 aliphatic heterocycles. The Morgan fingerprint density at radius 3 is 1.74 bits per heavy atom. The maximum atomic E-state index is 5.26. The van der Waals surface area contributed by atoms with Gasteiger partial charge in [0.25, 0.3) is 0 Å². The van der Waals surface area contributed by atoms with Gasteiger partial charge >= 0.3 is 0 Å². The second-order valence-corrected chi connectivity index (χ2v) is 9.36. The molecule has 0 aliphatic rings. The smallest absolute Gasteiger partial charge is 0.116 e. The predicted molar refractivity (Wildman–Crippen MR) is 154 cm³/mol. The lowest BCUT2D eigenvalue weighted by molar-refractivity contribution is 1.16. The third kappa shape index (κ3) is 2.96. The minimum Gasteiger partial charge on any atom is -0.306 e. The summed E-state index contributed by atoms with van der Waals surface area (Å²) >= 11 is 0. The summed E-state index contributed by atoms with van der Waals surface area (Å²) in [6, 6.07) is 39.9. The molecule has 8 aromatic rings. The number of aromatic nitrogens is 5. The Morgan fingerprint density at radius 2 is 1.03 bits per heavy atom. The van der Waals surface area contributed by atoms with Crippen LogP contribution in [-0.4, -0.2) is 24.1 Å². The number of hydrogen-bond acceptors (Lipinski definition) is 3. The van der Waals surface area contributed by atoms with Crippen molar-refractivity contribution in [2.45, 2.75) is 0 Å². The zero-order chi connectivity index (χ0) is 25.1. The second kappa shape index (κ2) is 8.11. The van der Waals surface area contributed by atoms with E-state index in [0.717, 1.165) is 61.1 Å². The molecule has 0 saturated heterocycles. The fraction of sp³-hybridized carbons (Fsp3) is 0. The second-order valence-electron chi connectivity index (χ2n) is 9.36. The van der Waals surface area contributed by atoms with E-state index < -0.39 is 0 Å².